The van der Waals surface area contributed by atoms with Crippen LogP contribution in [-0.2, 0) is 6.42 Å². The van der Waals surface area contributed by atoms with Crippen molar-refractivity contribution in [1.82, 2.24) is 4.98 Å². The molecule has 2 aromatic carbocycles. The molecule has 1 heterocycles. The monoisotopic (exact) mass is 271 g/mol. The lowest BCUT2D eigenvalue weighted by molar-refractivity contribution is 1.04. The molecule has 0 amide bonds. The van der Waals surface area contributed by atoms with Gasteiger partial charge in [-0.1, -0.05) is 49.0 Å². The van der Waals surface area contributed by atoms with E-state index in [9.17, 15) is 0 Å². The van der Waals surface area contributed by atoms with Crippen LogP contribution in [0.5, 0.6) is 0 Å². The Kier molecular flexibility index (Phi) is 3.35. The average molecular weight is 271 g/mol. The average Bonchev–Trinajstić information content (AvgIpc) is 2.86. The van der Waals surface area contributed by atoms with Gasteiger partial charge in [-0.25, -0.2) is 4.98 Å². The quantitative estimate of drug-likeness (QED) is 0.664. The molecule has 0 saturated carbocycles. The molecule has 0 bridgehead atoms. The number of hydrogen-bond donors (Lipinski definition) is 0. The summed E-state index contributed by atoms with van der Waals surface area (Å²) >= 11 is 3.48. The number of aryl methyl sites for hydroxylation is 1. The van der Waals surface area contributed by atoms with Crippen molar-refractivity contribution < 1.29 is 0 Å². The first-order valence-electron chi connectivity index (χ1n) is 5.96. The van der Waals surface area contributed by atoms with Crippen LogP contribution in [0.15, 0.2) is 57.8 Å². The van der Waals surface area contributed by atoms with Crippen LogP contribution < -0.4 is 0 Å². The van der Waals surface area contributed by atoms with E-state index < -0.39 is 0 Å². The molecule has 18 heavy (non-hydrogen) atoms. The van der Waals surface area contributed by atoms with E-state index in [1.54, 1.807) is 23.1 Å². The Morgan fingerprint density at radius 3 is 2.72 bits per heavy atom. The molecule has 3 heteroatoms. The van der Waals surface area contributed by atoms with Gasteiger partial charge in [-0.3, -0.25) is 0 Å². The van der Waals surface area contributed by atoms with Crippen molar-refractivity contribution in [3.63, 3.8) is 0 Å². The topological polar surface area (TPSA) is 12.9 Å². The summed E-state index contributed by atoms with van der Waals surface area (Å²) in [4.78, 5) is 5.84. The minimum absolute atomic E-state index is 1.02. The van der Waals surface area contributed by atoms with Crippen LogP contribution in [0.4, 0.5) is 0 Å². The van der Waals surface area contributed by atoms with Gasteiger partial charge in [0.15, 0.2) is 0 Å². The zero-order valence-electron chi connectivity index (χ0n) is 10.1. The largest absolute Gasteiger partial charge is 0.235 e. The van der Waals surface area contributed by atoms with E-state index in [4.69, 9.17) is 0 Å². The summed E-state index contributed by atoms with van der Waals surface area (Å²) in [5, 5.41) is 7.02. The molecule has 1 aromatic heterocycles. The van der Waals surface area contributed by atoms with E-state index in [1.165, 1.54) is 20.7 Å². The molecule has 0 radical (unpaired) electrons. The Balaban J connectivity index is 1.90. The van der Waals surface area contributed by atoms with Gasteiger partial charge >= 0.3 is 0 Å². The third kappa shape index (κ3) is 2.42. The van der Waals surface area contributed by atoms with E-state index in [1.807, 2.05) is 0 Å². The SMILES string of the molecule is CCc1nc(Sc2ccc3ccccc3c2)cs1. The Morgan fingerprint density at radius 2 is 1.94 bits per heavy atom. The van der Waals surface area contributed by atoms with E-state index in [2.05, 4.69) is 59.8 Å². The fraction of sp³-hybridized carbons (Fsp3) is 0.133. The molecule has 0 N–H and O–H groups in total. The summed E-state index contributed by atoms with van der Waals surface area (Å²) in [6.07, 6.45) is 1.02. The smallest absolute Gasteiger partial charge is 0.112 e. The van der Waals surface area contributed by atoms with Gasteiger partial charge in [-0.15, -0.1) is 11.3 Å². The Bertz CT molecular complexity index is 673. The Hall–Kier alpha value is -1.32. The van der Waals surface area contributed by atoms with Crippen molar-refractivity contribution in [3.05, 3.63) is 52.9 Å². The maximum absolute atomic E-state index is 4.59. The van der Waals surface area contributed by atoms with Crippen molar-refractivity contribution in [2.45, 2.75) is 23.3 Å². The summed E-state index contributed by atoms with van der Waals surface area (Å²) in [5.41, 5.74) is 0. The van der Waals surface area contributed by atoms with Crippen molar-refractivity contribution in [1.29, 1.82) is 0 Å². The lowest BCUT2D eigenvalue weighted by atomic mass is 10.1. The third-order valence-corrected chi connectivity index (χ3v) is 4.83. The van der Waals surface area contributed by atoms with E-state index in [0.717, 1.165) is 11.4 Å². The number of rotatable bonds is 3. The molecule has 0 aliphatic rings. The van der Waals surface area contributed by atoms with Gasteiger partial charge in [-0.2, -0.15) is 0 Å². The summed E-state index contributed by atoms with van der Waals surface area (Å²) in [6.45, 7) is 2.14. The van der Waals surface area contributed by atoms with Crippen LogP contribution in [0.25, 0.3) is 10.8 Å². The van der Waals surface area contributed by atoms with Crippen LogP contribution in [0.1, 0.15) is 11.9 Å². The van der Waals surface area contributed by atoms with Gasteiger partial charge in [0.2, 0.25) is 0 Å². The Labute approximate surface area is 115 Å². The van der Waals surface area contributed by atoms with E-state index in [-0.39, 0.29) is 0 Å². The first-order valence-corrected chi connectivity index (χ1v) is 7.66. The minimum atomic E-state index is 1.02. The van der Waals surface area contributed by atoms with Crippen LogP contribution in [-0.4, -0.2) is 4.98 Å². The van der Waals surface area contributed by atoms with Crippen molar-refractivity contribution in [2.75, 3.05) is 0 Å². The standard InChI is InChI=1S/C15H13NS2/c1-2-14-16-15(10-17-14)18-13-8-7-11-5-3-4-6-12(11)9-13/h3-10H,2H2,1H3. The number of benzene rings is 2. The number of nitrogens with zero attached hydrogens (tertiary/aromatic N) is 1. The fourth-order valence-corrected chi connectivity index (χ4v) is 3.58. The highest BCUT2D eigenvalue weighted by molar-refractivity contribution is 7.99. The highest BCUT2D eigenvalue weighted by atomic mass is 32.2. The lowest BCUT2D eigenvalue weighted by Crippen LogP contribution is -1.78. The maximum atomic E-state index is 4.59. The van der Waals surface area contributed by atoms with E-state index >= 15 is 0 Å². The van der Waals surface area contributed by atoms with Gasteiger partial charge in [0.25, 0.3) is 0 Å². The molecule has 0 aliphatic carbocycles. The molecular weight excluding hydrogens is 258 g/mol. The third-order valence-electron chi connectivity index (χ3n) is 2.78. The molecule has 0 spiro atoms. The van der Waals surface area contributed by atoms with Gasteiger partial charge in [0.05, 0.1) is 5.01 Å². The fourth-order valence-electron chi connectivity index (χ4n) is 1.85. The van der Waals surface area contributed by atoms with Crippen LogP contribution in [0, 0.1) is 0 Å². The minimum Gasteiger partial charge on any atom is -0.235 e. The second-order valence-corrected chi connectivity index (χ2v) is 6.08. The zero-order valence-corrected chi connectivity index (χ0v) is 11.7. The lowest BCUT2D eigenvalue weighted by Gasteiger charge is -2.01. The highest BCUT2D eigenvalue weighted by Gasteiger charge is 2.03. The number of hydrogen-bond acceptors (Lipinski definition) is 3. The molecule has 3 aromatic rings. The van der Waals surface area contributed by atoms with Crippen LogP contribution in [0.2, 0.25) is 0 Å². The summed E-state index contributed by atoms with van der Waals surface area (Å²) in [5.74, 6) is 0. The molecule has 1 nitrogen and oxygen atoms in total. The molecule has 90 valence electrons. The highest BCUT2D eigenvalue weighted by Crippen LogP contribution is 2.30. The molecular formula is C15H13NS2. The molecule has 3 rings (SSSR count). The van der Waals surface area contributed by atoms with Gasteiger partial charge in [0, 0.05) is 10.3 Å². The first-order chi connectivity index (χ1) is 8.85. The number of fused-ring (bicyclic) bond motifs is 1. The summed E-state index contributed by atoms with van der Waals surface area (Å²) < 4.78 is 0. The second-order valence-electron chi connectivity index (χ2n) is 4.04. The van der Waals surface area contributed by atoms with Gasteiger partial charge < -0.3 is 0 Å². The Morgan fingerprint density at radius 1 is 1.11 bits per heavy atom. The summed E-state index contributed by atoms with van der Waals surface area (Å²) in [6, 6.07) is 15.0. The van der Waals surface area contributed by atoms with E-state index in [0.29, 0.717) is 0 Å². The molecule has 0 saturated heterocycles. The van der Waals surface area contributed by atoms with Crippen LogP contribution in [0.3, 0.4) is 0 Å². The van der Waals surface area contributed by atoms with Crippen molar-refractivity contribution in [3.8, 4) is 0 Å². The normalized spacial score (nSPS) is 10.9. The van der Waals surface area contributed by atoms with Crippen molar-refractivity contribution in [2.24, 2.45) is 0 Å². The number of aromatic nitrogens is 1. The predicted molar refractivity (Wildman–Crippen MR) is 79.6 cm³/mol. The molecule has 0 fully saturated rings. The van der Waals surface area contributed by atoms with Crippen molar-refractivity contribution >= 4 is 33.9 Å². The second kappa shape index (κ2) is 5.12. The maximum Gasteiger partial charge on any atom is 0.112 e. The predicted octanol–water partition coefficient (Wildman–Crippen LogP) is 5.01. The first kappa shape index (κ1) is 11.8. The summed E-state index contributed by atoms with van der Waals surface area (Å²) in [7, 11) is 0. The molecule has 0 unspecified atom stereocenters. The zero-order chi connectivity index (χ0) is 12.4. The van der Waals surface area contributed by atoms with Gasteiger partial charge in [-0.05, 0) is 29.3 Å². The molecule has 0 atom stereocenters. The van der Waals surface area contributed by atoms with Gasteiger partial charge in [0.1, 0.15) is 5.03 Å². The number of thiazole rings is 1. The molecule has 0 aliphatic heterocycles. The van der Waals surface area contributed by atoms with Crippen LogP contribution >= 0.6 is 23.1 Å².